The summed E-state index contributed by atoms with van der Waals surface area (Å²) in [6.07, 6.45) is 5.01. The third kappa shape index (κ3) is 6.30. The molecular weight excluding hydrogens is 286 g/mol. The van der Waals surface area contributed by atoms with Crippen LogP contribution in [-0.2, 0) is 0 Å². The van der Waals surface area contributed by atoms with Crippen LogP contribution in [-0.4, -0.2) is 74.2 Å². The lowest BCUT2D eigenvalue weighted by Gasteiger charge is -2.35. The first-order valence-electron chi connectivity index (χ1n) is 9.56. The number of likely N-dealkylation sites (tertiary alicyclic amines) is 2. The minimum atomic E-state index is 0.570. The van der Waals surface area contributed by atoms with Gasteiger partial charge in [-0.25, -0.2) is 0 Å². The van der Waals surface area contributed by atoms with E-state index in [1.807, 2.05) is 0 Å². The molecule has 5 nitrogen and oxygen atoms in total. The van der Waals surface area contributed by atoms with Gasteiger partial charge in [-0.1, -0.05) is 0 Å². The summed E-state index contributed by atoms with van der Waals surface area (Å²) in [6.45, 7) is 13.5. The monoisotopic (exact) mass is 323 g/mol. The van der Waals surface area contributed by atoms with Crippen molar-refractivity contribution in [1.82, 2.24) is 20.4 Å². The van der Waals surface area contributed by atoms with Crippen LogP contribution in [0.3, 0.4) is 0 Å². The van der Waals surface area contributed by atoms with Crippen molar-refractivity contribution in [2.24, 2.45) is 10.9 Å². The minimum Gasteiger partial charge on any atom is -0.357 e. The van der Waals surface area contributed by atoms with Crippen LogP contribution in [0.2, 0.25) is 0 Å². The Bertz CT molecular complexity index is 352. The van der Waals surface area contributed by atoms with Crippen LogP contribution in [0.15, 0.2) is 4.99 Å². The van der Waals surface area contributed by atoms with Gasteiger partial charge in [0.25, 0.3) is 0 Å². The minimum absolute atomic E-state index is 0.570. The molecule has 0 aromatic rings. The normalized spacial score (nSPS) is 23.4. The third-order valence-electron chi connectivity index (χ3n) is 5.29. The average molecular weight is 324 g/mol. The molecule has 0 radical (unpaired) electrons. The number of nitrogens with one attached hydrogen (secondary N) is 2. The maximum absolute atomic E-state index is 4.87. The first-order chi connectivity index (χ1) is 11.1. The molecule has 2 aliphatic rings. The van der Waals surface area contributed by atoms with E-state index < -0.39 is 0 Å². The first-order valence-corrected chi connectivity index (χ1v) is 9.56. The predicted octanol–water partition coefficient (Wildman–Crippen LogP) is 1.76. The van der Waals surface area contributed by atoms with Crippen LogP contribution in [0.1, 0.15) is 46.5 Å². The van der Waals surface area contributed by atoms with Crippen molar-refractivity contribution in [2.45, 2.75) is 58.5 Å². The summed E-state index contributed by atoms with van der Waals surface area (Å²) >= 11 is 0. The molecule has 2 heterocycles. The fourth-order valence-corrected chi connectivity index (χ4v) is 3.54. The highest BCUT2D eigenvalue weighted by Gasteiger charge is 2.22. The highest BCUT2D eigenvalue weighted by Crippen LogP contribution is 2.16. The van der Waals surface area contributed by atoms with Crippen LogP contribution >= 0.6 is 0 Å². The van der Waals surface area contributed by atoms with E-state index in [-0.39, 0.29) is 0 Å². The Kier molecular flexibility index (Phi) is 7.63. The van der Waals surface area contributed by atoms with Gasteiger partial charge in [-0.3, -0.25) is 4.99 Å². The van der Waals surface area contributed by atoms with Crippen LogP contribution in [0, 0.1) is 5.92 Å². The van der Waals surface area contributed by atoms with Crippen molar-refractivity contribution < 1.29 is 0 Å². The number of nitrogens with zero attached hydrogens (tertiary/aromatic N) is 3. The van der Waals surface area contributed by atoms with E-state index >= 15 is 0 Å². The molecule has 5 heteroatoms. The Morgan fingerprint density at radius 1 is 1.09 bits per heavy atom. The molecule has 0 atom stereocenters. The van der Waals surface area contributed by atoms with Gasteiger partial charge in [0.15, 0.2) is 5.96 Å². The Balaban J connectivity index is 1.78. The molecule has 0 aromatic carbocycles. The second kappa shape index (κ2) is 9.48. The fraction of sp³-hybridized carbons (Fsp3) is 0.944. The van der Waals surface area contributed by atoms with E-state index in [1.54, 1.807) is 0 Å². The van der Waals surface area contributed by atoms with Crippen molar-refractivity contribution in [1.29, 1.82) is 0 Å². The van der Waals surface area contributed by atoms with Crippen LogP contribution < -0.4 is 10.6 Å². The van der Waals surface area contributed by atoms with Gasteiger partial charge in [0.1, 0.15) is 0 Å². The SMILES string of the molecule is CCNC(=NCC1CCN(C)CC1)NC1CCN(C(C)C)CC1. The highest BCUT2D eigenvalue weighted by atomic mass is 15.2. The number of aliphatic imine (C=N–C) groups is 1. The summed E-state index contributed by atoms with van der Waals surface area (Å²) in [6, 6.07) is 1.24. The topological polar surface area (TPSA) is 42.9 Å². The molecule has 134 valence electrons. The van der Waals surface area contributed by atoms with Crippen molar-refractivity contribution in [2.75, 3.05) is 46.3 Å². The third-order valence-corrected chi connectivity index (χ3v) is 5.29. The molecule has 0 bridgehead atoms. The number of hydrogen-bond acceptors (Lipinski definition) is 3. The van der Waals surface area contributed by atoms with Gasteiger partial charge >= 0.3 is 0 Å². The molecule has 2 fully saturated rings. The molecule has 2 rings (SSSR count). The van der Waals surface area contributed by atoms with E-state index in [2.05, 4.69) is 48.3 Å². The van der Waals surface area contributed by atoms with Crippen molar-refractivity contribution in [3.63, 3.8) is 0 Å². The molecule has 2 N–H and O–H groups in total. The predicted molar refractivity (Wildman–Crippen MR) is 99.1 cm³/mol. The summed E-state index contributed by atoms with van der Waals surface area (Å²) in [5.74, 6) is 1.78. The van der Waals surface area contributed by atoms with Gasteiger partial charge in [0.2, 0.25) is 0 Å². The van der Waals surface area contributed by atoms with E-state index in [0.717, 1.165) is 25.0 Å². The lowest BCUT2D eigenvalue weighted by Crippen LogP contribution is -2.50. The van der Waals surface area contributed by atoms with Gasteiger partial charge < -0.3 is 20.4 Å². The average Bonchev–Trinajstić information content (AvgIpc) is 2.55. The first kappa shape index (κ1) is 18.5. The molecular formula is C18H37N5. The maximum Gasteiger partial charge on any atom is 0.191 e. The van der Waals surface area contributed by atoms with E-state index in [1.165, 1.54) is 51.9 Å². The molecule has 2 aliphatic heterocycles. The number of hydrogen-bond donors (Lipinski definition) is 2. The lowest BCUT2D eigenvalue weighted by molar-refractivity contribution is 0.167. The maximum atomic E-state index is 4.87. The molecule has 23 heavy (non-hydrogen) atoms. The Hall–Kier alpha value is -0.810. The number of rotatable bonds is 5. The number of guanidine groups is 1. The summed E-state index contributed by atoms with van der Waals surface area (Å²) in [4.78, 5) is 9.87. The van der Waals surface area contributed by atoms with Gasteiger partial charge in [0.05, 0.1) is 0 Å². The van der Waals surface area contributed by atoms with E-state index in [0.29, 0.717) is 12.1 Å². The zero-order valence-electron chi connectivity index (χ0n) is 15.6. The standard InChI is InChI=1S/C18H37N5/c1-5-19-18(20-14-16-6-10-22(4)11-7-16)21-17-8-12-23(13-9-17)15(2)3/h15-17H,5-14H2,1-4H3,(H2,19,20,21). The van der Waals surface area contributed by atoms with Crippen LogP contribution in [0.4, 0.5) is 0 Å². The summed E-state index contributed by atoms with van der Waals surface area (Å²) in [7, 11) is 2.22. The summed E-state index contributed by atoms with van der Waals surface area (Å²) < 4.78 is 0. The summed E-state index contributed by atoms with van der Waals surface area (Å²) in [5, 5.41) is 7.09. The van der Waals surface area contributed by atoms with Gasteiger partial charge in [-0.2, -0.15) is 0 Å². The second-order valence-electron chi connectivity index (χ2n) is 7.51. The highest BCUT2D eigenvalue weighted by molar-refractivity contribution is 5.80. The largest absolute Gasteiger partial charge is 0.357 e. The van der Waals surface area contributed by atoms with Gasteiger partial charge in [-0.05, 0) is 72.5 Å². The quantitative estimate of drug-likeness (QED) is 0.598. The smallest absolute Gasteiger partial charge is 0.191 e. The Morgan fingerprint density at radius 2 is 1.74 bits per heavy atom. The fourth-order valence-electron chi connectivity index (χ4n) is 3.54. The number of piperidine rings is 2. The molecule has 0 spiro atoms. The van der Waals surface area contributed by atoms with E-state index in [4.69, 9.17) is 4.99 Å². The molecule has 0 aliphatic carbocycles. The van der Waals surface area contributed by atoms with E-state index in [9.17, 15) is 0 Å². The molecule has 0 aromatic heterocycles. The molecule has 0 saturated carbocycles. The Morgan fingerprint density at radius 3 is 2.30 bits per heavy atom. The lowest BCUT2D eigenvalue weighted by atomic mass is 9.97. The van der Waals surface area contributed by atoms with Crippen LogP contribution in [0.5, 0.6) is 0 Å². The zero-order chi connectivity index (χ0) is 16.7. The van der Waals surface area contributed by atoms with Gasteiger partial charge in [-0.15, -0.1) is 0 Å². The van der Waals surface area contributed by atoms with Gasteiger partial charge in [0, 0.05) is 38.3 Å². The Labute approximate surface area is 142 Å². The molecule has 0 unspecified atom stereocenters. The molecule has 0 amide bonds. The van der Waals surface area contributed by atoms with Crippen molar-refractivity contribution in [3.05, 3.63) is 0 Å². The summed E-state index contributed by atoms with van der Waals surface area (Å²) in [5.41, 5.74) is 0. The van der Waals surface area contributed by atoms with Crippen molar-refractivity contribution >= 4 is 5.96 Å². The molecule has 2 saturated heterocycles. The second-order valence-corrected chi connectivity index (χ2v) is 7.51. The van der Waals surface area contributed by atoms with Crippen molar-refractivity contribution in [3.8, 4) is 0 Å². The zero-order valence-corrected chi connectivity index (χ0v) is 15.6. The van der Waals surface area contributed by atoms with Crippen LogP contribution in [0.25, 0.3) is 0 Å².